The fourth-order valence-electron chi connectivity index (χ4n) is 2.43. The minimum atomic E-state index is 0.0167. The van der Waals surface area contributed by atoms with Crippen LogP contribution in [0.25, 0.3) is 10.1 Å². The average Bonchev–Trinajstić information content (AvgIpc) is 2.91. The van der Waals surface area contributed by atoms with Crippen molar-refractivity contribution in [1.82, 2.24) is 9.27 Å². The fraction of sp³-hybridized carbons (Fsp3) is 0.222. The highest BCUT2D eigenvalue weighted by Gasteiger charge is 2.07. The maximum Gasteiger partial charge on any atom is 0.268 e. The van der Waals surface area contributed by atoms with E-state index >= 15 is 0 Å². The van der Waals surface area contributed by atoms with Gasteiger partial charge in [-0.1, -0.05) is 54.0 Å². The van der Waals surface area contributed by atoms with E-state index in [1.807, 2.05) is 54.6 Å². The smallest absolute Gasteiger partial charge is 0.268 e. The fourth-order valence-corrected chi connectivity index (χ4v) is 3.46. The van der Waals surface area contributed by atoms with Crippen LogP contribution in [-0.2, 0) is 17.9 Å². The molecule has 3 rings (SSSR count). The maximum absolute atomic E-state index is 12.2. The van der Waals surface area contributed by atoms with Crippen molar-refractivity contribution in [2.45, 2.75) is 25.9 Å². The van der Waals surface area contributed by atoms with E-state index in [0.29, 0.717) is 25.9 Å². The molecule has 1 N–H and O–H groups in total. The second-order valence-corrected chi connectivity index (χ2v) is 6.42. The molecule has 0 bridgehead atoms. The van der Waals surface area contributed by atoms with Gasteiger partial charge in [-0.15, -0.1) is 0 Å². The van der Waals surface area contributed by atoms with Crippen molar-refractivity contribution >= 4 is 27.5 Å². The quantitative estimate of drug-likeness (QED) is 0.756. The summed E-state index contributed by atoms with van der Waals surface area (Å²) in [4.78, 5) is 24.1. The number of carbonyl (C=O) groups is 1. The Hall–Kier alpha value is -2.40. The van der Waals surface area contributed by atoms with Crippen LogP contribution < -0.4 is 10.9 Å². The molecule has 0 aliphatic carbocycles. The first-order chi connectivity index (χ1) is 11.2. The van der Waals surface area contributed by atoms with E-state index in [4.69, 9.17) is 0 Å². The molecule has 0 aliphatic heterocycles. The SMILES string of the molecule is O=C(CCCn1sc2ccccc2c1=O)NCc1ccccc1. The molecule has 1 heterocycles. The summed E-state index contributed by atoms with van der Waals surface area (Å²) in [5.41, 5.74) is 1.12. The predicted molar refractivity (Wildman–Crippen MR) is 93.6 cm³/mol. The lowest BCUT2D eigenvalue weighted by atomic mass is 10.2. The molecule has 0 unspecified atom stereocenters. The number of hydrogen-bond acceptors (Lipinski definition) is 3. The normalized spacial score (nSPS) is 10.8. The third kappa shape index (κ3) is 3.87. The molecule has 2 aromatic carbocycles. The van der Waals surface area contributed by atoms with Crippen LogP contribution in [0.2, 0.25) is 0 Å². The van der Waals surface area contributed by atoms with Crippen LogP contribution in [0.1, 0.15) is 18.4 Å². The Bertz CT molecular complexity index is 852. The van der Waals surface area contributed by atoms with Crippen molar-refractivity contribution < 1.29 is 4.79 Å². The number of aryl methyl sites for hydroxylation is 1. The minimum absolute atomic E-state index is 0.0167. The Balaban J connectivity index is 1.49. The van der Waals surface area contributed by atoms with Gasteiger partial charge < -0.3 is 5.32 Å². The Morgan fingerprint density at radius 1 is 1.04 bits per heavy atom. The lowest BCUT2D eigenvalue weighted by molar-refractivity contribution is -0.121. The third-order valence-electron chi connectivity index (χ3n) is 3.65. The summed E-state index contributed by atoms with van der Waals surface area (Å²) >= 11 is 1.46. The molecule has 0 atom stereocenters. The van der Waals surface area contributed by atoms with Crippen LogP contribution in [0.5, 0.6) is 0 Å². The summed E-state index contributed by atoms with van der Waals surface area (Å²) in [5, 5.41) is 3.66. The zero-order valence-electron chi connectivity index (χ0n) is 12.7. The topological polar surface area (TPSA) is 51.1 Å². The molecule has 0 saturated heterocycles. The average molecular weight is 326 g/mol. The molecule has 0 saturated carbocycles. The van der Waals surface area contributed by atoms with Gasteiger partial charge in [-0.2, -0.15) is 0 Å². The van der Waals surface area contributed by atoms with E-state index in [0.717, 1.165) is 15.6 Å². The molecule has 0 radical (unpaired) electrons. The lowest BCUT2D eigenvalue weighted by Gasteiger charge is -2.05. The Labute approximate surface area is 138 Å². The van der Waals surface area contributed by atoms with Crippen LogP contribution in [0.3, 0.4) is 0 Å². The lowest BCUT2D eigenvalue weighted by Crippen LogP contribution is -2.23. The maximum atomic E-state index is 12.2. The van der Waals surface area contributed by atoms with Crippen LogP contribution >= 0.6 is 11.5 Å². The highest BCUT2D eigenvalue weighted by atomic mass is 32.1. The molecule has 5 heteroatoms. The van der Waals surface area contributed by atoms with Gasteiger partial charge in [0.15, 0.2) is 0 Å². The van der Waals surface area contributed by atoms with Crippen LogP contribution in [-0.4, -0.2) is 9.86 Å². The van der Waals surface area contributed by atoms with E-state index < -0.39 is 0 Å². The minimum Gasteiger partial charge on any atom is -0.352 e. The molecule has 4 nitrogen and oxygen atoms in total. The Morgan fingerprint density at radius 3 is 2.57 bits per heavy atom. The van der Waals surface area contributed by atoms with Gasteiger partial charge >= 0.3 is 0 Å². The third-order valence-corrected chi connectivity index (χ3v) is 4.77. The zero-order chi connectivity index (χ0) is 16.1. The monoisotopic (exact) mass is 326 g/mol. The zero-order valence-corrected chi connectivity index (χ0v) is 13.5. The van der Waals surface area contributed by atoms with Crippen molar-refractivity contribution in [2.75, 3.05) is 0 Å². The van der Waals surface area contributed by atoms with Crippen molar-refractivity contribution in [3.63, 3.8) is 0 Å². The second-order valence-electron chi connectivity index (χ2n) is 5.36. The van der Waals surface area contributed by atoms with Crippen LogP contribution in [0.4, 0.5) is 0 Å². The Kier molecular flexibility index (Phi) is 4.88. The first-order valence-electron chi connectivity index (χ1n) is 7.63. The van der Waals surface area contributed by atoms with E-state index in [-0.39, 0.29) is 11.5 Å². The predicted octanol–water partition coefficient (Wildman–Crippen LogP) is 3.16. The number of rotatable bonds is 6. The number of carbonyl (C=O) groups excluding carboxylic acids is 1. The molecule has 0 fully saturated rings. The van der Waals surface area contributed by atoms with E-state index in [2.05, 4.69) is 5.32 Å². The summed E-state index contributed by atoms with van der Waals surface area (Å²) in [7, 11) is 0. The van der Waals surface area contributed by atoms with Crippen molar-refractivity contribution in [1.29, 1.82) is 0 Å². The number of nitrogens with one attached hydrogen (secondary N) is 1. The van der Waals surface area contributed by atoms with Gasteiger partial charge in [-0.3, -0.25) is 13.5 Å². The van der Waals surface area contributed by atoms with Gasteiger partial charge in [-0.25, -0.2) is 0 Å². The first-order valence-corrected chi connectivity index (χ1v) is 8.41. The van der Waals surface area contributed by atoms with E-state index in [1.54, 1.807) is 3.96 Å². The van der Waals surface area contributed by atoms with E-state index in [1.165, 1.54) is 11.5 Å². The number of fused-ring (bicyclic) bond motifs is 1. The molecule has 3 aromatic rings. The van der Waals surface area contributed by atoms with Gasteiger partial charge in [0.25, 0.3) is 5.56 Å². The van der Waals surface area contributed by atoms with Crippen LogP contribution in [0, 0.1) is 0 Å². The summed E-state index contributed by atoms with van der Waals surface area (Å²) in [6.07, 6.45) is 1.08. The molecular formula is C18H18N2O2S. The van der Waals surface area contributed by atoms with Crippen LogP contribution in [0.15, 0.2) is 59.4 Å². The second kappa shape index (κ2) is 7.24. The van der Waals surface area contributed by atoms with E-state index in [9.17, 15) is 9.59 Å². The summed E-state index contributed by atoms with van der Waals surface area (Å²) in [6.45, 7) is 1.12. The highest BCUT2D eigenvalue weighted by Crippen LogP contribution is 2.16. The number of benzene rings is 2. The molecule has 0 spiro atoms. The Morgan fingerprint density at radius 2 is 1.78 bits per heavy atom. The van der Waals surface area contributed by atoms with Gasteiger partial charge in [0, 0.05) is 19.5 Å². The number of hydrogen-bond donors (Lipinski definition) is 1. The molecule has 0 aliphatic rings. The highest BCUT2D eigenvalue weighted by molar-refractivity contribution is 7.13. The van der Waals surface area contributed by atoms with Crippen molar-refractivity contribution in [2.24, 2.45) is 0 Å². The molecule has 23 heavy (non-hydrogen) atoms. The van der Waals surface area contributed by atoms with Gasteiger partial charge in [0.2, 0.25) is 5.91 Å². The van der Waals surface area contributed by atoms with Crippen molar-refractivity contribution in [3.05, 3.63) is 70.5 Å². The number of amides is 1. The molecule has 1 aromatic heterocycles. The molecule has 118 valence electrons. The summed E-state index contributed by atoms with van der Waals surface area (Å²) in [6, 6.07) is 17.4. The van der Waals surface area contributed by atoms with Gasteiger partial charge in [0.05, 0.1) is 10.1 Å². The molecule has 1 amide bonds. The van der Waals surface area contributed by atoms with Gasteiger partial charge in [0.1, 0.15) is 0 Å². The summed E-state index contributed by atoms with van der Waals surface area (Å²) in [5.74, 6) is 0.0167. The van der Waals surface area contributed by atoms with Crippen molar-refractivity contribution in [3.8, 4) is 0 Å². The number of aromatic nitrogens is 1. The number of nitrogens with zero attached hydrogens (tertiary/aromatic N) is 1. The first kappa shape index (κ1) is 15.5. The van der Waals surface area contributed by atoms with Gasteiger partial charge in [-0.05, 0) is 24.1 Å². The summed E-state index contributed by atoms with van der Waals surface area (Å²) < 4.78 is 2.72. The molecular weight excluding hydrogens is 308 g/mol. The standard InChI is InChI=1S/C18H18N2O2S/c21-17(19-13-14-7-2-1-3-8-14)11-6-12-20-18(22)15-9-4-5-10-16(15)23-20/h1-5,7-10H,6,11-13H2,(H,19,21). The largest absolute Gasteiger partial charge is 0.352 e.